The second-order valence-corrected chi connectivity index (χ2v) is 351. The van der Waals surface area contributed by atoms with Crippen molar-refractivity contribution >= 4 is 150 Å². The van der Waals surface area contributed by atoms with Gasteiger partial charge in [-0.05, 0) is 94.7 Å². The molecule has 0 N–H and O–H groups in total. The summed E-state index contributed by atoms with van der Waals surface area (Å²) >= 11 is 0. The number of rotatable bonds is 45. The largest absolute Gasteiger partial charge is 0.0721 e. The summed E-state index contributed by atoms with van der Waals surface area (Å²) in [5.41, 5.74) is 0. The lowest BCUT2D eigenvalue weighted by Crippen LogP contribution is -3.57. The van der Waals surface area contributed by atoms with Crippen LogP contribution in [0.2, 0.25) is 184 Å². The molecule has 8 bridgehead atoms. The second kappa shape index (κ2) is 31.5. The summed E-state index contributed by atoms with van der Waals surface area (Å²) in [5.74, 6) is 15.2. The van der Waals surface area contributed by atoms with Crippen LogP contribution >= 0.6 is 0 Å². The molecular weight excluding hydrogens is 1650 g/mol. The van der Waals surface area contributed by atoms with Gasteiger partial charge in [0, 0.05) is 150 Å². The van der Waals surface area contributed by atoms with E-state index in [4.69, 9.17) is 0 Å². The SMILES string of the molecule is CC[Si]1(CC)[Si]2([Si](C)(C)C)[Si](CC(C)C)(CC(C)C)[Si]1([Si]13[Si](CC)(CC)[Si]([Si]45[Si](CC)(CC)[Si]([Si]67[Si](CC)(CC)[Si]([Si](C)(C)C)([Si]6(CC(C)C)CC(C)C)[Si]7(CC(C)C)CC(C)C)([Si]4(CC(C)C)CC(C)C)[Si]5(CC(C)C)CC(C)C)([Si]1(CC(C)C)CC(C)C)[Si]3(CC(C)C)CC(C)C)[Si]2(CC(C)C)CC(C)C. The summed E-state index contributed by atoms with van der Waals surface area (Å²) < 4.78 is 0. The fourth-order valence-corrected chi connectivity index (χ4v) is 2500. The monoisotopic (exact) mass is 1850 g/mol. The fraction of sp³-hybridized carbons (Fsp3) is 1.00. The Kier molecular flexibility index (Phi) is 28.6. The maximum absolute atomic E-state index is 3.43. The van der Waals surface area contributed by atoms with Crippen LogP contribution in [0.3, 0.4) is 0 Å². The van der Waals surface area contributed by atoms with E-state index < -0.39 is 150 Å². The Morgan fingerprint density at radius 3 is 0.315 bits per heavy atom. The first kappa shape index (κ1) is 98.2. The molecule has 0 nitrogen and oxygen atoms in total. The molecule has 0 radical (unpaired) electrons. The molecule has 0 aromatic heterocycles. The van der Waals surface area contributed by atoms with Crippen molar-refractivity contribution in [2.75, 3.05) is 0 Å². The molecular formula is C86H202Si22. The summed E-state index contributed by atoms with van der Waals surface area (Å²) in [5, 5.41) is 0. The van der Waals surface area contributed by atoms with Crippen molar-refractivity contribution in [3.8, 4) is 0 Å². The molecule has 634 valence electrons. The van der Waals surface area contributed by atoms with Crippen LogP contribution < -0.4 is 0 Å². The minimum Gasteiger partial charge on any atom is -0.0721 e. The lowest BCUT2D eigenvalue weighted by Gasteiger charge is -3.23. The Labute approximate surface area is 698 Å². The van der Waals surface area contributed by atoms with Crippen LogP contribution in [0.25, 0.3) is 0 Å². The predicted molar refractivity (Wildman–Crippen MR) is 560 cm³/mol. The van der Waals surface area contributed by atoms with Gasteiger partial charge in [0.1, 0.15) is 0 Å². The zero-order valence-corrected chi connectivity index (χ0v) is 105. The zero-order valence-electron chi connectivity index (χ0n) is 83.2. The Balaban J connectivity index is 1.99. The lowest BCUT2D eigenvalue weighted by molar-refractivity contribution is 0.678. The van der Waals surface area contributed by atoms with Crippen molar-refractivity contribution in [1.82, 2.24) is 0 Å². The van der Waals surface area contributed by atoms with Crippen molar-refractivity contribution in [1.29, 1.82) is 0 Å². The Morgan fingerprint density at radius 2 is 0.231 bits per heavy atom. The van der Waals surface area contributed by atoms with Gasteiger partial charge in [-0.15, -0.1) is 0 Å². The molecule has 22 heteroatoms. The molecule has 12 aliphatic rings. The molecule has 0 spiro atoms. The highest BCUT2D eigenvalue weighted by Gasteiger charge is 3.30. The molecule has 108 heavy (non-hydrogen) atoms. The van der Waals surface area contributed by atoms with E-state index in [1.54, 1.807) is 0 Å². The van der Waals surface area contributed by atoms with Crippen molar-refractivity contribution < 1.29 is 0 Å². The van der Waals surface area contributed by atoms with Gasteiger partial charge in [-0.2, -0.15) is 0 Å². The molecule has 0 aliphatic carbocycles. The molecule has 12 fully saturated rings. The zero-order chi connectivity index (χ0) is 83.2. The molecule has 0 amide bonds. The third-order valence-electron chi connectivity index (χ3n) is 38.1. The van der Waals surface area contributed by atoms with Crippen molar-refractivity contribution in [2.45, 2.75) is 461 Å². The van der Waals surface area contributed by atoms with Gasteiger partial charge in [-0.3, -0.25) is 0 Å². The normalized spacial score (nSPS) is 33.7. The van der Waals surface area contributed by atoms with E-state index in [-0.39, 0.29) is 0 Å². The minimum absolute atomic E-state index is 0.942. The highest BCUT2D eigenvalue weighted by Crippen LogP contribution is 3.00. The Hall–Kier alpha value is 4.77. The molecule has 12 aliphatic heterocycles. The quantitative estimate of drug-likeness (QED) is 0.0533. The number of hydrogen-bond donors (Lipinski definition) is 0. The second-order valence-electron chi connectivity index (χ2n) is 51.9. The summed E-state index contributed by atoms with van der Waals surface area (Å²) in [6.07, 6.45) is -16.2. The van der Waals surface area contributed by atoms with E-state index in [0.717, 1.165) is 94.7 Å². The molecule has 12 rings (SSSR count). The summed E-state index contributed by atoms with van der Waals surface area (Å²) in [4.78, 5) is 0. The fourth-order valence-electron chi connectivity index (χ4n) is 46.3. The summed E-state index contributed by atoms with van der Waals surface area (Å²) in [6, 6.07) is 47.4. The maximum atomic E-state index is 3.43. The smallest absolute Gasteiger partial charge is 0.0306 e. The summed E-state index contributed by atoms with van der Waals surface area (Å²) in [6.45, 7) is 145. The van der Waals surface area contributed by atoms with Crippen molar-refractivity contribution in [2.24, 2.45) is 94.7 Å². The van der Waals surface area contributed by atoms with Crippen LogP contribution in [0.1, 0.15) is 277 Å². The molecule has 0 atom stereocenters. The van der Waals surface area contributed by atoms with Crippen LogP contribution in [0.5, 0.6) is 0 Å². The first-order valence-corrected chi connectivity index (χ1v) is 130. The predicted octanol–water partition coefficient (Wildman–Crippen LogP) is 28.7. The molecule has 12 heterocycles. The van der Waals surface area contributed by atoms with Gasteiger partial charge in [0.05, 0.1) is 0 Å². The third kappa shape index (κ3) is 9.76. The molecule has 0 saturated carbocycles. The van der Waals surface area contributed by atoms with Gasteiger partial charge in [0.25, 0.3) is 0 Å². The van der Waals surface area contributed by atoms with Crippen LogP contribution in [0, 0.1) is 94.7 Å². The van der Waals surface area contributed by atoms with E-state index in [0.29, 0.717) is 0 Å². The highest BCUT2D eigenvalue weighted by atomic mass is 31.1. The Bertz CT molecular complexity index is 2690. The standard InChI is InChI=1S/C86H202Si22/c1-47-89(48-2)101(87(41,42)43)93(55-71(9)10,56-72(11)12)103(89,94(101,57-73(13)14)58-74(15)16)105-91(51-5,52-6)107(97(105,63-79(25)26)64-80(27)28,98(105,65-81(29)30)66-82(31)32)108-92(53-7,54-8)106(99(108,67-83(33)34)68-84(35)36,100(108,69-85(37)38)70-86(39)40)104-90(49-3,50-4)102(88(44,45)46,95(104,59-75(17)18)60-76(19)20)96(104,61-77(21)22)62-78(23)24/h71-86H,47-70H2,1-46H3. The first-order valence-electron chi connectivity index (χ1n) is 49.4. The topological polar surface area (TPSA) is 0 Å². The van der Waals surface area contributed by atoms with Crippen molar-refractivity contribution in [3.63, 3.8) is 0 Å². The first-order chi connectivity index (χ1) is 49.4. The van der Waals surface area contributed by atoms with E-state index in [1.807, 2.05) is 145 Å². The van der Waals surface area contributed by atoms with Gasteiger partial charge < -0.3 is 0 Å². The van der Waals surface area contributed by atoms with Gasteiger partial charge in [-0.1, -0.05) is 461 Å². The van der Waals surface area contributed by atoms with E-state index >= 15 is 0 Å². The molecule has 0 unspecified atom stereocenters. The van der Waals surface area contributed by atoms with Gasteiger partial charge >= 0.3 is 0 Å². The van der Waals surface area contributed by atoms with Gasteiger partial charge in [0.15, 0.2) is 0 Å². The maximum Gasteiger partial charge on any atom is 0.0306 e. The Morgan fingerprint density at radius 1 is 0.139 bits per heavy atom. The molecule has 12 saturated heterocycles. The average molecular weight is 1850 g/mol. The third-order valence-corrected chi connectivity index (χ3v) is 993. The minimum atomic E-state index is -2.20. The van der Waals surface area contributed by atoms with Gasteiger partial charge in [-0.25, -0.2) is 0 Å². The average Bonchev–Trinajstić information content (AvgIpc) is 0.510. The molecule has 0 aromatic carbocycles. The van der Waals surface area contributed by atoms with Crippen LogP contribution in [-0.2, 0) is 0 Å². The number of hydrogen-bond acceptors (Lipinski definition) is 0. The van der Waals surface area contributed by atoms with Crippen LogP contribution in [0.15, 0.2) is 0 Å². The van der Waals surface area contributed by atoms with Crippen LogP contribution in [-0.4, -0.2) is 150 Å². The van der Waals surface area contributed by atoms with Crippen molar-refractivity contribution in [3.05, 3.63) is 0 Å². The van der Waals surface area contributed by atoms with E-state index in [2.05, 4.69) is 316 Å². The van der Waals surface area contributed by atoms with E-state index in [9.17, 15) is 0 Å². The van der Waals surface area contributed by atoms with E-state index in [1.165, 1.54) is 0 Å². The lowest BCUT2D eigenvalue weighted by atomic mass is 10.3. The van der Waals surface area contributed by atoms with Gasteiger partial charge in [0.2, 0.25) is 0 Å². The van der Waals surface area contributed by atoms with Crippen LogP contribution in [0.4, 0.5) is 0 Å². The highest BCUT2D eigenvalue weighted by molar-refractivity contribution is 8.86. The summed E-state index contributed by atoms with van der Waals surface area (Å²) in [7, 11) is -27.1. The molecule has 0 aromatic rings.